The van der Waals surface area contributed by atoms with Gasteiger partial charge in [0.15, 0.2) is 0 Å². The van der Waals surface area contributed by atoms with Gasteiger partial charge in [-0.15, -0.1) is 0 Å². The second-order valence-corrected chi connectivity index (χ2v) is 6.65. The van der Waals surface area contributed by atoms with Gasteiger partial charge in [0.25, 0.3) is 0 Å². The van der Waals surface area contributed by atoms with Crippen LogP contribution in [0.2, 0.25) is 0 Å². The lowest BCUT2D eigenvalue weighted by Crippen LogP contribution is -2.27. The molecule has 2 aromatic heterocycles. The van der Waals surface area contributed by atoms with Gasteiger partial charge < -0.3 is 0 Å². The van der Waals surface area contributed by atoms with Crippen molar-refractivity contribution >= 4 is 35.1 Å². The van der Waals surface area contributed by atoms with Crippen molar-refractivity contribution in [3.63, 3.8) is 0 Å². The Morgan fingerprint density at radius 3 is 1.75 bits per heavy atom. The minimum absolute atomic E-state index is 0.346. The van der Waals surface area contributed by atoms with Gasteiger partial charge in [-0.25, -0.2) is 0 Å². The van der Waals surface area contributed by atoms with Crippen molar-refractivity contribution in [2.45, 2.75) is 37.8 Å². The molecule has 4 heteroatoms. The van der Waals surface area contributed by atoms with Crippen molar-refractivity contribution in [2.24, 2.45) is 9.98 Å². The molecule has 104 valence electrons. The Morgan fingerprint density at radius 1 is 0.850 bits per heavy atom. The van der Waals surface area contributed by atoms with Crippen LogP contribution in [0.5, 0.6) is 0 Å². The van der Waals surface area contributed by atoms with Crippen molar-refractivity contribution in [2.75, 3.05) is 0 Å². The molecule has 2 unspecified atom stereocenters. The second kappa shape index (κ2) is 6.95. The molecule has 2 aromatic rings. The number of nitrogens with zero attached hydrogens (tertiary/aromatic N) is 2. The van der Waals surface area contributed by atoms with Crippen LogP contribution in [0.15, 0.2) is 43.6 Å². The van der Waals surface area contributed by atoms with E-state index in [4.69, 9.17) is 9.98 Å². The van der Waals surface area contributed by atoms with Crippen LogP contribution in [-0.2, 0) is 0 Å². The second-order valence-electron chi connectivity index (χ2n) is 5.09. The number of rotatable bonds is 4. The molecular formula is C16H18N2S2. The van der Waals surface area contributed by atoms with E-state index < -0.39 is 0 Å². The lowest BCUT2D eigenvalue weighted by atomic mass is 9.91. The smallest absolute Gasteiger partial charge is 0.0723 e. The van der Waals surface area contributed by atoms with E-state index in [0.717, 1.165) is 12.8 Å². The average molecular weight is 302 g/mol. The lowest BCUT2D eigenvalue weighted by Gasteiger charge is -2.25. The van der Waals surface area contributed by atoms with Crippen LogP contribution < -0.4 is 0 Å². The van der Waals surface area contributed by atoms with Crippen LogP contribution in [0.4, 0.5) is 0 Å². The molecule has 2 nitrogen and oxygen atoms in total. The van der Waals surface area contributed by atoms with Gasteiger partial charge in [0, 0.05) is 23.6 Å². The van der Waals surface area contributed by atoms with Crippen LogP contribution in [0.3, 0.4) is 0 Å². The van der Waals surface area contributed by atoms with E-state index in [0.29, 0.717) is 12.1 Å². The first kappa shape index (κ1) is 13.7. The van der Waals surface area contributed by atoms with Gasteiger partial charge in [0.05, 0.1) is 12.1 Å². The van der Waals surface area contributed by atoms with Crippen LogP contribution in [0.25, 0.3) is 0 Å². The number of aliphatic imine (C=N–C) groups is 2. The summed E-state index contributed by atoms with van der Waals surface area (Å²) in [5, 5.41) is 8.45. The maximum absolute atomic E-state index is 4.78. The minimum Gasteiger partial charge on any atom is -0.287 e. The fourth-order valence-electron chi connectivity index (χ4n) is 2.50. The van der Waals surface area contributed by atoms with Gasteiger partial charge >= 0.3 is 0 Å². The van der Waals surface area contributed by atoms with E-state index in [9.17, 15) is 0 Å². The molecule has 0 bridgehead atoms. The van der Waals surface area contributed by atoms with E-state index in [-0.39, 0.29) is 0 Å². The third-order valence-electron chi connectivity index (χ3n) is 3.61. The first-order valence-electron chi connectivity index (χ1n) is 7.02. The Morgan fingerprint density at radius 2 is 1.35 bits per heavy atom. The molecule has 0 radical (unpaired) electrons. The third-order valence-corrected chi connectivity index (χ3v) is 5.01. The van der Waals surface area contributed by atoms with Crippen LogP contribution in [0, 0.1) is 0 Å². The highest BCUT2D eigenvalue weighted by Crippen LogP contribution is 2.24. The standard InChI is InChI=1S/C16H18N2S2/c1-2-4-16(18-10-14-6-8-20-12-14)15(3-1)17-9-13-5-7-19-11-13/h5-12,15-16H,1-4H2/b17-9+,18-10+. The van der Waals surface area contributed by atoms with Crippen molar-refractivity contribution in [3.8, 4) is 0 Å². The van der Waals surface area contributed by atoms with Crippen molar-refractivity contribution < 1.29 is 0 Å². The monoisotopic (exact) mass is 302 g/mol. The van der Waals surface area contributed by atoms with Gasteiger partial charge in [0.1, 0.15) is 0 Å². The summed E-state index contributed by atoms with van der Waals surface area (Å²) in [4.78, 5) is 9.56. The molecule has 2 heterocycles. The van der Waals surface area contributed by atoms with Crippen LogP contribution in [0.1, 0.15) is 36.8 Å². The zero-order valence-corrected chi connectivity index (χ0v) is 12.9. The maximum atomic E-state index is 4.78. The van der Waals surface area contributed by atoms with E-state index in [2.05, 4.69) is 33.7 Å². The van der Waals surface area contributed by atoms with Gasteiger partial charge in [-0.2, -0.15) is 22.7 Å². The van der Waals surface area contributed by atoms with E-state index in [1.54, 1.807) is 22.7 Å². The summed E-state index contributed by atoms with van der Waals surface area (Å²) >= 11 is 3.43. The summed E-state index contributed by atoms with van der Waals surface area (Å²) in [7, 11) is 0. The van der Waals surface area contributed by atoms with Gasteiger partial charge in [0.2, 0.25) is 0 Å². The van der Waals surface area contributed by atoms with Crippen molar-refractivity contribution in [3.05, 3.63) is 44.8 Å². The van der Waals surface area contributed by atoms with E-state index in [1.807, 2.05) is 12.4 Å². The summed E-state index contributed by atoms with van der Waals surface area (Å²) in [6, 6.07) is 4.92. The molecule has 1 saturated carbocycles. The van der Waals surface area contributed by atoms with Crippen molar-refractivity contribution in [1.29, 1.82) is 0 Å². The molecule has 3 rings (SSSR count). The first-order chi connectivity index (χ1) is 9.92. The van der Waals surface area contributed by atoms with Gasteiger partial charge in [-0.3, -0.25) is 9.98 Å². The molecule has 0 amide bonds. The van der Waals surface area contributed by atoms with Gasteiger partial charge in [-0.1, -0.05) is 12.8 Å². The van der Waals surface area contributed by atoms with Crippen LogP contribution in [-0.4, -0.2) is 24.5 Å². The SMILES string of the molecule is C(=N\C1CCCCC1/N=C/c1ccsc1)/c1ccsc1. The van der Waals surface area contributed by atoms with Crippen LogP contribution >= 0.6 is 22.7 Å². The highest BCUT2D eigenvalue weighted by molar-refractivity contribution is 7.08. The highest BCUT2D eigenvalue weighted by atomic mass is 32.1. The summed E-state index contributed by atoms with van der Waals surface area (Å²) in [6.07, 6.45) is 8.89. The van der Waals surface area contributed by atoms with E-state index >= 15 is 0 Å². The molecule has 0 saturated heterocycles. The largest absolute Gasteiger partial charge is 0.287 e. The minimum atomic E-state index is 0.346. The molecular weight excluding hydrogens is 284 g/mol. The molecule has 0 spiro atoms. The molecule has 2 atom stereocenters. The summed E-state index contributed by atoms with van der Waals surface area (Å²) in [5.74, 6) is 0. The summed E-state index contributed by atoms with van der Waals surface area (Å²) in [6.45, 7) is 0. The average Bonchev–Trinajstić information content (AvgIpc) is 3.17. The zero-order valence-electron chi connectivity index (χ0n) is 11.3. The number of hydrogen-bond donors (Lipinski definition) is 0. The number of thiophene rings is 2. The zero-order chi connectivity index (χ0) is 13.6. The molecule has 1 aliphatic rings. The Labute approximate surface area is 127 Å². The normalized spacial score (nSPS) is 23.8. The lowest BCUT2D eigenvalue weighted by molar-refractivity contribution is 0.390. The Bertz CT molecular complexity index is 503. The summed E-state index contributed by atoms with van der Waals surface area (Å²) < 4.78 is 0. The summed E-state index contributed by atoms with van der Waals surface area (Å²) in [5.41, 5.74) is 2.42. The highest BCUT2D eigenvalue weighted by Gasteiger charge is 2.23. The fourth-order valence-corrected chi connectivity index (χ4v) is 3.72. The molecule has 1 fully saturated rings. The Balaban J connectivity index is 1.67. The predicted molar refractivity (Wildman–Crippen MR) is 89.9 cm³/mol. The van der Waals surface area contributed by atoms with E-state index in [1.165, 1.54) is 24.0 Å². The number of hydrogen-bond acceptors (Lipinski definition) is 4. The third kappa shape index (κ3) is 3.64. The molecule has 20 heavy (non-hydrogen) atoms. The molecule has 0 aromatic carbocycles. The molecule has 0 N–H and O–H groups in total. The predicted octanol–water partition coefficient (Wildman–Crippen LogP) is 4.66. The molecule has 0 aliphatic heterocycles. The Kier molecular flexibility index (Phi) is 4.77. The first-order valence-corrected chi connectivity index (χ1v) is 8.91. The quantitative estimate of drug-likeness (QED) is 0.734. The molecule has 1 aliphatic carbocycles. The van der Waals surface area contributed by atoms with Gasteiger partial charge in [-0.05, 0) is 46.5 Å². The Hall–Kier alpha value is -1.26. The fraction of sp³-hybridized carbons (Fsp3) is 0.375. The topological polar surface area (TPSA) is 24.7 Å². The van der Waals surface area contributed by atoms with Crippen molar-refractivity contribution in [1.82, 2.24) is 0 Å². The maximum Gasteiger partial charge on any atom is 0.0723 e.